The van der Waals surface area contributed by atoms with Gasteiger partial charge in [0.2, 0.25) is 0 Å². The third kappa shape index (κ3) is 2.71. The second-order valence-electron chi connectivity index (χ2n) is 4.30. The van der Waals surface area contributed by atoms with Gasteiger partial charge >= 0.3 is 0 Å². The molecule has 0 bridgehead atoms. The number of pyridine rings is 1. The zero-order valence-electron chi connectivity index (χ0n) is 9.12. The average Bonchev–Trinajstić information content (AvgIpc) is 2.30. The number of piperidine rings is 1. The molecule has 1 atom stereocenters. The highest BCUT2D eigenvalue weighted by Gasteiger charge is 2.19. The lowest BCUT2D eigenvalue weighted by molar-refractivity contribution is 0.453. The molecule has 0 spiro atoms. The van der Waals surface area contributed by atoms with Crippen LogP contribution in [0.5, 0.6) is 0 Å². The van der Waals surface area contributed by atoms with Gasteiger partial charge in [-0.15, -0.1) is 0 Å². The van der Waals surface area contributed by atoms with Gasteiger partial charge in [-0.25, -0.2) is 4.98 Å². The number of rotatable bonds is 2. The van der Waals surface area contributed by atoms with Crippen molar-refractivity contribution in [2.24, 2.45) is 5.92 Å². The Bertz CT molecular complexity index is 310. The minimum Gasteiger partial charge on any atom is -0.356 e. The van der Waals surface area contributed by atoms with Gasteiger partial charge in [-0.1, -0.05) is 22.0 Å². The number of hydrogen-bond donors (Lipinski definition) is 0. The molecule has 0 amide bonds. The second kappa shape index (κ2) is 4.97. The number of aromatic nitrogens is 1. The maximum atomic E-state index is 4.48. The van der Waals surface area contributed by atoms with Crippen molar-refractivity contribution < 1.29 is 0 Å². The monoisotopic (exact) mass is 268 g/mol. The first kappa shape index (κ1) is 10.9. The topological polar surface area (TPSA) is 16.1 Å². The van der Waals surface area contributed by atoms with Crippen LogP contribution in [-0.2, 0) is 0 Å². The summed E-state index contributed by atoms with van der Waals surface area (Å²) in [7, 11) is 0. The Labute approximate surface area is 99.8 Å². The van der Waals surface area contributed by atoms with E-state index in [9.17, 15) is 0 Å². The first-order valence-electron chi connectivity index (χ1n) is 5.53. The van der Waals surface area contributed by atoms with Crippen LogP contribution in [0.3, 0.4) is 0 Å². The van der Waals surface area contributed by atoms with E-state index >= 15 is 0 Å². The third-order valence-electron chi connectivity index (χ3n) is 2.96. The lowest BCUT2D eigenvalue weighted by Gasteiger charge is -2.32. The molecule has 0 aliphatic carbocycles. The van der Waals surface area contributed by atoms with E-state index in [4.69, 9.17) is 0 Å². The van der Waals surface area contributed by atoms with Gasteiger partial charge in [0.1, 0.15) is 5.82 Å². The third-order valence-corrected chi connectivity index (χ3v) is 3.87. The molecule has 1 unspecified atom stereocenters. The van der Waals surface area contributed by atoms with Gasteiger partial charge in [-0.3, -0.25) is 0 Å². The van der Waals surface area contributed by atoms with Crippen molar-refractivity contribution in [2.45, 2.75) is 19.8 Å². The highest BCUT2D eigenvalue weighted by molar-refractivity contribution is 9.09. The maximum absolute atomic E-state index is 4.48. The Morgan fingerprint density at radius 2 is 2.40 bits per heavy atom. The van der Waals surface area contributed by atoms with Crippen molar-refractivity contribution in [1.82, 2.24) is 4.98 Å². The molecule has 1 aliphatic heterocycles. The molecule has 0 radical (unpaired) electrons. The molecule has 15 heavy (non-hydrogen) atoms. The number of alkyl halides is 1. The van der Waals surface area contributed by atoms with Crippen LogP contribution in [0.1, 0.15) is 18.4 Å². The molecule has 1 fully saturated rings. The molecule has 1 aliphatic rings. The largest absolute Gasteiger partial charge is 0.356 e. The van der Waals surface area contributed by atoms with Gasteiger partial charge in [0, 0.05) is 24.6 Å². The summed E-state index contributed by atoms with van der Waals surface area (Å²) in [4.78, 5) is 6.88. The number of anilines is 1. The van der Waals surface area contributed by atoms with Crippen LogP contribution in [0.25, 0.3) is 0 Å². The first-order chi connectivity index (χ1) is 7.29. The lowest BCUT2D eigenvalue weighted by Crippen LogP contribution is -2.36. The van der Waals surface area contributed by atoms with E-state index in [0.29, 0.717) is 0 Å². The average molecular weight is 269 g/mol. The van der Waals surface area contributed by atoms with Crippen LogP contribution >= 0.6 is 15.9 Å². The fourth-order valence-electron chi connectivity index (χ4n) is 2.05. The standard InChI is InChI=1S/C12H17BrN2/c1-10-4-5-12(14-8-10)15-6-2-3-11(7-13)9-15/h4-5,8,11H,2-3,6-7,9H2,1H3. The summed E-state index contributed by atoms with van der Waals surface area (Å²) in [6.07, 6.45) is 4.58. The van der Waals surface area contributed by atoms with Gasteiger partial charge in [0.05, 0.1) is 0 Å². The summed E-state index contributed by atoms with van der Waals surface area (Å²) in [5, 5.41) is 1.11. The predicted molar refractivity (Wildman–Crippen MR) is 67.7 cm³/mol. The number of nitrogens with zero attached hydrogens (tertiary/aromatic N) is 2. The SMILES string of the molecule is Cc1ccc(N2CCCC(CBr)C2)nc1. The molecule has 1 saturated heterocycles. The van der Waals surface area contributed by atoms with Crippen LogP contribution in [0, 0.1) is 12.8 Å². The van der Waals surface area contributed by atoms with Gasteiger partial charge in [0.25, 0.3) is 0 Å². The van der Waals surface area contributed by atoms with Gasteiger partial charge < -0.3 is 4.90 Å². The molecule has 0 saturated carbocycles. The number of hydrogen-bond acceptors (Lipinski definition) is 2. The van der Waals surface area contributed by atoms with Crippen LogP contribution in [0.2, 0.25) is 0 Å². The summed E-state index contributed by atoms with van der Waals surface area (Å²) in [5.74, 6) is 1.91. The van der Waals surface area contributed by atoms with E-state index < -0.39 is 0 Å². The molecule has 0 aromatic carbocycles. The highest BCUT2D eigenvalue weighted by atomic mass is 79.9. The first-order valence-corrected chi connectivity index (χ1v) is 6.65. The lowest BCUT2D eigenvalue weighted by atomic mass is 10.0. The van der Waals surface area contributed by atoms with E-state index in [1.165, 1.54) is 18.4 Å². The van der Waals surface area contributed by atoms with Crippen LogP contribution in [0.15, 0.2) is 18.3 Å². The normalized spacial score (nSPS) is 21.7. The Morgan fingerprint density at radius 3 is 3.07 bits per heavy atom. The molecule has 1 aromatic heterocycles. The fourth-order valence-corrected chi connectivity index (χ4v) is 2.57. The molecular formula is C12H17BrN2. The minimum absolute atomic E-state index is 0.779. The van der Waals surface area contributed by atoms with Crippen molar-refractivity contribution in [2.75, 3.05) is 23.3 Å². The molecule has 82 valence electrons. The predicted octanol–water partition coefficient (Wildman–Crippen LogP) is 3.00. The summed E-state index contributed by atoms with van der Waals surface area (Å²) in [6.45, 7) is 4.37. The second-order valence-corrected chi connectivity index (χ2v) is 4.95. The smallest absolute Gasteiger partial charge is 0.128 e. The summed E-state index contributed by atoms with van der Waals surface area (Å²) in [5.41, 5.74) is 1.23. The van der Waals surface area contributed by atoms with E-state index in [1.54, 1.807) is 0 Å². The van der Waals surface area contributed by atoms with Crippen LogP contribution < -0.4 is 4.90 Å². The molecular weight excluding hydrogens is 252 g/mol. The molecule has 3 heteroatoms. The van der Waals surface area contributed by atoms with Crippen LogP contribution in [0.4, 0.5) is 5.82 Å². The Balaban J connectivity index is 2.06. The van der Waals surface area contributed by atoms with Crippen molar-refractivity contribution in [3.8, 4) is 0 Å². The Morgan fingerprint density at radius 1 is 1.53 bits per heavy atom. The van der Waals surface area contributed by atoms with Gasteiger partial charge in [0.15, 0.2) is 0 Å². The molecule has 0 N–H and O–H groups in total. The quantitative estimate of drug-likeness (QED) is 0.767. The summed E-state index contributed by atoms with van der Waals surface area (Å²) in [6, 6.07) is 4.27. The van der Waals surface area contributed by atoms with Crippen molar-refractivity contribution in [1.29, 1.82) is 0 Å². The molecule has 2 nitrogen and oxygen atoms in total. The van der Waals surface area contributed by atoms with E-state index in [2.05, 4.69) is 44.9 Å². The van der Waals surface area contributed by atoms with Crippen molar-refractivity contribution in [3.05, 3.63) is 23.9 Å². The van der Waals surface area contributed by atoms with Crippen molar-refractivity contribution >= 4 is 21.7 Å². The maximum Gasteiger partial charge on any atom is 0.128 e. The molecule has 2 rings (SSSR count). The minimum atomic E-state index is 0.779. The molecule has 1 aromatic rings. The number of aryl methyl sites for hydroxylation is 1. The van der Waals surface area contributed by atoms with E-state index in [-0.39, 0.29) is 0 Å². The van der Waals surface area contributed by atoms with E-state index in [0.717, 1.165) is 30.2 Å². The van der Waals surface area contributed by atoms with Gasteiger partial charge in [-0.2, -0.15) is 0 Å². The molecule has 2 heterocycles. The summed E-state index contributed by atoms with van der Waals surface area (Å²) < 4.78 is 0. The highest BCUT2D eigenvalue weighted by Crippen LogP contribution is 2.22. The van der Waals surface area contributed by atoms with E-state index in [1.807, 2.05) is 6.20 Å². The Kier molecular flexibility index (Phi) is 3.62. The van der Waals surface area contributed by atoms with Crippen molar-refractivity contribution in [3.63, 3.8) is 0 Å². The van der Waals surface area contributed by atoms with Crippen LogP contribution in [-0.4, -0.2) is 23.4 Å². The Hall–Kier alpha value is -0.570. The zero-order valence-corrected chi connectivity index (χ0v) is 10.7. The number of halogens is 1. The zero-order chi connectivity index (χ0) is 10.7. The fraction of sp³-hybridized carbons (Fsp3) is 0.583. The summed E-state index contributed by atoms with van der Waals surface area (Å²) >= 11 is 3.58. The van der Waals surface area contributed by atoms with Gasteiger partial charge in [-0.05, 0) is 37.3 Å².